The zero-order chi connectivity index (χ0) is 29.3. The van der Waals surface area contributed by atoms with E-state index in [2.05, 4.69) is 5.32 Å². The molecule has 0 radical (unpaired) electrons. The average molecular weight is 582 g/mol. The van der Waals surface area contributed by atoms with Crippen LogP contribution >= 0.6 is 11.8 Å². The fourth-order valence-corrected chi connectivity index (χ4v) is 6.08. The zero-order valence-electron chi connectivity index (χ0n) is 23.8. The molecule has 2 atom stereocenters. The maximum atomic E-state index is 14.1. The largest absolute Gasteiger partial charge is 0.352 e. The third kappa shape index (κ3) is 7.88. The number of aryl methyl sites for hydroxylation is 1. The Morgan fingerprint density at radius 3 is 2.08 bits per heavy atom. The average Bonchev–Trinajstić information content (AvgIpc) is 2.96. The highest BCUT2D eigenvalue weighted by molar-refractivity contribution is 7.98. The summed E-state index contributed by atoms with van der Waals surface area (Å²) in [6, 6.07) is 22.3. The van der Waals surface area contributed by atoms with Gasteiger partial charge in [0.2, 0.25) is 11.8 Å². The second kappa shape index (κ2) is 14.4. The lowest BCUT2D eigenvalue weighted by molar-refractivity contribution is -0.140. The van der Waals surface area contributed by atoms with Crippen molar-refractivity contribution in [2.45, 2.75) is 69.0 Å². The normalized spacial score (nSPS) is 12.8. The Labute approximate surface area is 243 Å². The quantitative estimate of drug-likeness (QED) is 0.264. The zero-order valence-corrected chi connectivity index (χ0v) is 25.5. The standard InChI is InChI=1S/C31H39N3O4S2/c1-6-24(4)32-31(36)29(7-2)33(21-25-11-9-8-10-12-25)30(35)22-34(26-15-13-23(3)14-16-26)40(37,38)28-19-17-27(39-5)18-20-28/h8-20,24,29H,6-7,21-22H2,1-5H3,(H,32,36). The monoisotopic (exact) mass is 581 g/mol. The van der Waals surface area contributed by atoms with Crippen molar-refractivity contribution < 1.29 is 18.0 Å². The van der Waals surface area contributed by atoms with E-state index in [0.29, 0.717) is 12.1 Å². The van der Waals surface area contributed by atoms with Crippen LogP contribution < -0.4 is 9.62 Å². The molecule has 0 heterocycles. The minimum atomic E-state index is -4.09. The van der Waals surface area contributed by atoms with E-state index in [1.54, 1.807) is 36.4 Å². The van der Waals surface area contributed by atoms with Crippen molar-refractivity contribution >= 4 is 39.3 Å². The molecule has 0 bridgehead atoms. The first-order chi connectivity index (χ1) is 19.1. The smallest absolute Gasteiger partial charge is 0.264 e. The summed E-state index contributed by atoms with van der Waals surface area (Å²) in [5.41, 5.74) is 2.20. The van der Waals surface area contributed by atoms with Gasteiger partial charge in [0.15, 0.2) is 0 Å². The molecule has 1 N–H and O–H groups in total. The van der Waals surface area contributed by atoms with Gasteiger partial charge in [-0.1, -0.05) is 61.9 Å². The molecule has 0 aliphatic heterocycles. The molecule has 2 amide bonds. The Hall–Kier alpha value is -3.30. The SMILES string of the molecule is CCC(C)NC(=O)C(CC)N(Cc1ccccc1)C(=O)CN(c1ccc(C)cc1)S(=O)(=O)c1ccc(SC)cc1. The Balaban J connectivity index is 2.04. The van der Waals surface area contributed by atoms with Gasteiger partial charge in [0.25, 0.3) is 10.0 Å². The van der Waals surface area contributed by atoms with Crippen LogP contribution in [0.25, 0.3) is 0 Å². The van der Waals surface area contributed by atoms with Crippen LogP contribution in [-0.4, -0.2) is 50.0 Å². The second-order valence-electron chi connectivity index (χ2n) is 9.77. The van der Waals surface area contributed by atoms with Gasteiger partial charge in [-0.2, -0.15) is 0 Å². The van der Waals surface area contributed by atoms with Crippen LogP contribution in [0.2, 0.25) is 0 Å². The minimum absolute atomic E-state index is 0.0519. The summed E-state index contributed by atoms with van der Waals surface area (Å²) in [6.45, 7) is 7.40. The summed E-state index contributed by atoms with van der Waals surface area (Å²) >= 11 is 1.52. The maximum Gasteiger partial charge on any atom is 0.264 e. The molecule has 3 aromatic rings. The van der Waals surface area contributed by atoms with Crippen LogP contribution in [0.4, 0.5) is 5.69 Å². The van der Waals surface area contributed by atoms with Crippen LogP contribution in [0.5, 0.6) is 0 Å². The van der Waals surface area contributed by atoms with Gasteiger partial charge in [-0.05, 0) is 74.9 Å². The van der Waals surface area contributed by atoms with Gasteiger partial charge in [0, 0.05) is 17.5 Å². The van der Waals surface area contributed by atoms with Gasteiger partial charge >= 0.3 is 0 Å². The van der Waals surface area contributed by atoms with Crippen LogP contribution in [0.15, 0.2) is 88.7 Å². The number of thioether (sulfide) groups is 1. The first kappa shape index (κ1) is 31.2. The number of nitrogens with one attached hydrogen (secondary N) is 1. The Morgan fingerprint density at radius 1 is 0.900 bits per heavy atom. The lowest BCUT2D eigenvalue weighted by Gasteiger charge is -2.33. The van der Waals surface area contributed by atoms with E-state index >= 15 is 0 Å². The van der Waals surface area contributed by atoms with Gasteiger partial charge < -0.3 is 10.2 Å². The van der Waals surface area contributed by atoms with Gasteiger partial charge in [-0.15, -0.1) is 11.8 Å². The number of carbonyl (C=O) groups is 2. The fourth-order valence-electron chi connectivity index (χ4n) is 4.26. The molecule has 3 aromatic carbocycles. The van der Waals surface area contributed by atoms with E-state index in [0.717, 1.165) is 26.7 Å². The van der Waals surface area contributed by atoms with Gasteiger partial charge in [-0.25, -0.2) is 8.42 Å². The summed E-state index contributed by atoms with van der Waals surface area (Å²) < 4.78 is 29.1. The predicted octanol–water partition coefficient (Wildman–Crippen LogP) is 5.63. The highest BCUT2D eigenvalue weighted by Crippen LogP contribution is 2.27. The van der Waals surface area contributed by atoms with Crippen LogP contribution in [0, 0.1) is 6.92 Å². The maximum absolute atomic E-state index is 14.1. The van der Waals surface area contributed by atoms with Gasteiger partial charge in [0.1, 0.15) is 12.6 Å². The molecule has 0 saturated heterocycles. The van der Waals surface area contributed by atoms with Gasteiger partial charge in [0.05, 0.1) is 10.6 Å². The number of amides is 2. The molecule has 0 saturated carbocycles. The topological polar surface area (TPSA) is 86.8 Å². The molecule has 40 heavy (non-hydrogen) atoms. The van der Waals surface area contributed by atoms with Crippen LogP contribution in [0.3, 0.4) is 0 Å². The van der Waals surface area contributed by atoms with Crippen molar-refractivity contribution in [2.24, 2.45) is 0 Å². The molecule has 0 spiro atoms. The Kier molecular flexibility index (Phi) is 11.2. The number of carbonyl (C=O) groups excluding carboxylic acids is 2. The lowest BCUT2D eigenvalue weighted by atomic mass is 10.1. The molecule has 0 aromatic heterocycles. The van der Waals surface area contributed by atoms with Crippen LogP contribution in [-0.2, 0) is 26.2 Å². The van der Waals surface area contributed by atoms with Crippen molar-refractivity contribution in [2.75, 3.05) is 17.1 Å². The van der Waals surface area contributed by atoms with E-state index < -0.39 is 28.5 Å². The van der Waals surface area contributed by atoms with E-state index in [1.165, 1.54) is 16.7 Å². The Bertz CT molecular complexity index is 1360. The van der Waals surface area contributed by atoms with E-state index in [-0.39, 0.29) is 23.4 Å². The number of hydrogen-bond donors (Lipinski definition) is 1. The lowest BCUT2D eigenvalue weighted by Crippen LogP contribution is -2.53. The first-order valence-electron chi connectivity index (χ1n) is 13.5. The summed E-state index contributed by atoms with van der Waals surface area (Å²) in [4.78, 5) is 29.9. The van der Waals surface area contributed by atoms with Gasteiger partial charge in [-0.3, -0.25) is 13.9 Å². The van der Waals surface area contributed by atoms with Crippen molar-refractivity contribution in [3.8, 4) is 0 Å². The first-order valence-corrected chi connectivity index (χ1v) is 16.1. The molecular formula is C31H39N3O4S2. The molecule has 214 valence electrons. The molecule has 0 aliphatic carbocycles. The molecule has 3 rings (SSSR count). The highest BCUT2D eigenvalue weighted by atomic mass is 32.2. The summed E-state index contributed by atoms with van der Waals surface area (Å²) in [7, 11) is -4.09. The van der Waals surface area contributed by atoms with E-state index in [4.69, 9.17) is 0 Å². The summed E-state index contributed by atoms with van der Waals surface area (Å²) in [5, 5.41) is 2.99. The van der Waals surface area contributed by atoms with E-state index in [9.17, 15) is 18.0 Å². The molecule has 2 unspecified atom stereocenters. The number of sulfonamides is 1. The number of benzene rings is 3. The molecule has 7 nitrogen and oxygen atoms in total. The third-order valence-corrected chi connectivity index (χ3v) is 9.36. The van der Waals surface area contributed by atoms with Crippen molar-refractivity contribution in [3.05, 3.63) is 90.0 Å². The predicted molar refractivity (Wildman–Crippen MR) is 163 cm³/mol. The molecule has 9 heteroatoms. The third-order valence-electron chi connectivity index (χ3n) is 6.83. The molecule has 0 fully saturated rings. The number of nitrogens with zero attached hydrogens (tertiary/aromatic N) is 2. The summed E-state index contributed by atoms with van der Waals surface area (Å²) in [6.07, 6.45) is 3.06. The number of rotatable bonds is 13. The van der Waals surface area contributed by atoms with Crippen LogP contribution in [0.1, 0.15) is 44.7 Å². The number of anilines is 1. The molecule has 0 aliphatic rings. The van der Waals surface area contributed by atoms with Crippen molar-refractivity contribution in [1.82, 2.24) is 10.2 Å². The molecular weight excluding hydrogens is 542 g/mol. The fraction of sp³-hybridized carbons (Fsp3) is 0.355. The highest BCUT2D eigenvalue weighted by Gasteiger charge is 2.34. The van der Waals surface area contributed by atoms with Crippen molar-refractivity contribution in [3.63, 3.8) is 0 Å². The van der Waals surface area contributed by atoms with E-state index in [1.807, 2.05) is 76.4 Å². The minimum Gasteiger partial charge on any atom is -0.352 e. The second-order valence-corrected chi connectivity index (χ2v) is 12.5. The number of hydrogen-bond acceptors (Lipinski definition) is 5. The van der Waals surface area contributed by atoms with Crippen molar-refractivity contribution in [1.29, 1.82) is 0 Å². The summed E-state index contributed by atoms with van der Waals surface area (Å²) in [5.74, 6) is -0.710. The Morgan fingerprint density at radius 2 is 1.52 bits per heavy atom.